The van der Waals surface area contributed by atoms with Gasteiger partial charge in [0, 0.05) is 0 Å². The molecule has 4 aliphatic carbocycles. The summed E-state index contributed by atoms with van der Waals surface area (Å²) < 4.78 is 0. The summed E-state index contributed by atoms with van der Waals surface area (Å²) in [7, 11) is 0. The zero-order valence-corrected chi connectivity index (χ0v) is 10.9. The highest BCUT2D eigenvalue weighted by molar-refractivity contribution is 6.29. The Bertz CT molecular complexity index is 287. The number of carboxylic acid groups (broad SMARTS) is 1. The van der Waals surface area contributed by atoms with Crippen LogP contribution in [0.25, 0.3) is 0 Å². The van der Waals surface area contributed by atoms with Gasteiger partial charge in [0.2, 0.25) is 0 Å². The third-order valence-electron chi connectivity index (χ3n) is 5.44. The van der Waals surface area contributed by atoms with Gasteiger partial charge in [0.25, 0.3) is 0 Å². The molecule has 0 aromatic carbocycles. The van der Waals surface area contributed by atoms with Crippen molar-refractivity contribution in [2.45, 2.75) is 50.3 Å². The fourth-order valence-electron chi connectivity index (χ4n) is 4.97. The summed E-state index contributed by atoms with van der Waals surface area (Å²) in [4.78, 5) is 10.7. The molecule has 3 heteroatoms. The van der Waals surface area contributed by atoms with Crippen LogP contribution in [-0.4, -0.2) is 16.5 Å². The third-order valence-corrected chi connectivity index (χ3v) is 5.85. The highest BCUT2D eigenvalue weighted by Crippen LogP contribution is 2.57. The van der Waals surface area contributed by atoms with Crippen LogP contribution in [0.15, 0.2) is 0 Å². The first-order valence-corrected chi connectivity index (χ1v) is 7.44. The number of hydrogen-bond acceptors (Lipinski definition) is 1. The number of alkyl halides is 1. The van der Waals surface area contributed by atoms with Crippen LogP contribution in [0.4, 0.5) is 0 Å². The van der Waals surface area contributed by atoms with Crippen molar-refractivity contribution in [1.82, 2.24) is 0 Å². The Morgan fingerprint density at radius 1 is 1.12 bits per heavy atom. The van der Waals surface area contributed by atoms with E-state index in [1.165, 1.54) is 32.1 Å². The molecule has 0 saturated heterocycles. The topological polar surface area (TPSA) is 37.3 Å². The van der Waals surface area contributed by atoms with E-state index in [4.69, 9.17) is 16.7 Å². The van der Waals surface area contributed by atoms with E-state index in [9.17, 15) is 4.79 Å². The second-order valence-electron chi connectivity index (χ2n) is 6.48. The van der Waals surface area contributed by atoms with Crippen molar-refractivity contribution in [3.63, 3.8) is 0 Å². The molecule has 1 N–H and O–H groups in total. The lowest BCUT2D eigenvalue weighted by Gasteiger charge is -2.54. The molecule has 4 aliphatic rings. The molecule has 96 valence electrons. The van der Waals surface area contributed by atoms with E-state index in [1.807, 2.05) is 0 Å². The quantitative estimate of drug-likeness (QED) is 0.782. The van der Waals surface area contributed by atoms with Gasteiger partial charge in [-0.3, -0.25) is 4.79 Å². The predicted octanol–water partition coefficient (Wildman–Crippen LogP) is 3.53. The van der Waals surface area contributed by atoms with Gasteiger partial charge in [-0.05, 0) is 74.5 Å². The average molecular weight is 257 g/mol. The molecule has 4 saturated carbocycles. The molecule has 0 aromatic heterocycles. The minimum absolute atomic E-state index is 0.657. The summed E-state index contributed by atoms with van der Waals surface area (Å²) in [5.74, 6) is 3.71. The van der Waals surface area contributed by atoms with Crippen molar-refractivity contribution in [3.8, 4) is 0 Å². The molecule has 0 aromatic rings. The Labute approximate surface area is 108 Å². The van der Waals surface area contributed by atoms with Crippen LogP contribution >= 0.6 is 11.6 Å². The summed E-state index contributed by atoms with van der Waals surface area (Å²) in [5.41, 5.74) is 0. The maximum absolute atomic E-state index is 10.7. The summed E-state index contributed by atoms with van der Waals surface area (Å²) >= 11 is 5.83. The predicted molar refractivity (Wildman–Crippen MR) is 67.0 cm³/mol. The van der Waals surface area contributed by atoms with Crippen LogP contribution in [0, 0.1) is 29.6 Å². The van der Waals surface area contributed by atoms with E-state index in [0.29, 0.717) is 6.42 Å². The monoisotopic (exact) mass is 256 g/mol. The summed E-state index contributed by atoms with van der Waals surface area (Å²) in [5, 5.41) is 8.16. The Balaban J connectivity index is 1.59. The Morgan fingerprint density at radius 3 is 2.12 bits per heavy atom. The normalized spacial score (nSPS) is 44.9. The van der Waals surface area contributed by atoms with Crippen LogP contribution in [0.2, 0.25) is 0 Å². The van der Waals surface area contributed by atoms with Gasteiger partial charge < -0.3 is 5.11 Å². The molecule has 0 spiro atoms. The highest BCUT2D eigenvalue weighted by Gasteiger charge is 2.47. The summed E-state index contributed by atoms with van der Waals surface area (Å²) in [6.45, 7) is 0. The fraction of sp³-hybridized carbons (Fsp3) is 0.929. The van der Waals surface area contributed by atoms with E-state index in [0.717, 1.165) is 36.0 Å². The van der Waals surface area contributed by atoms with Crippen molar-refractivity contribution >= 4 is 17.6 Å². The van der Waals surface area contributed by atoms with E-state index < -0.39 is 11.3 Å². The van der Waals surface area contributed by atoms with Gasteiger partial charge in [-0.2, -0.15) is 0 Å². The Morgan fingerprint density at radius 2 is 1.65 bits per heavy atom. The highest BCUT2D eigenvalue weighted by atomic mass is 35.5. The first-order valence-electron chi connectivity index (χ1n) is 7.00. The number of carbonyl (C=O) groups is 1. The fourth-order valence-corrected chi connectivity index (χ4v) is 5.10. The lowest BCUT2D eigenvalue weighted by atomic mass is 9.51. The lowest BCUT2D eigenvalue weighted by Crippen LogP contribution is -2.45. The zero-order chi connectivity index (χ0) is 12.0. The van der Waals surface area contributed by atoms with Gasteiger partial charge in [-0.15, -0.1) is 11.6 Å². The maximum Gasteiger partial charge on any atom is 0.321 e. The number of aliphatic carboxylic acids is 1. The molecule has 4 bridgehead atoms. The van der Waals surface area contributed by atoms with Gasteiger partial charge in [-0.1, -0.05) is 0 Å². The number of hydrogen-bond donors (Lipinski definition) is 1. The zero-order valence-electron chi connectivity index (χ0n) is 10.1. The smallest absolute Gasteiger partial charge is 0.321 e. The second-order valence-corrected chi connectivity index (χ2v) is 7.00. The SMILES string of the molecule is O=C(O)C(Cl)CCC1C2CC3CC(C2)CC1C3. The van der Waals surface area contributed by atoms with E-state index in [1.54, 1.807) is 0 Å². The van der Waals surface area contributed by atoms with Crippen molar-refractivity contribution in [1.29, 1.82) is 0 Å². The molecule has 0 radical (unpaired) electrons. The molecule has 0 amide bonds. The molecule has 1 atom stereocenters. The van der Waals surface area contributed by atoms with Crippen molar-refractivity contribution in [2.75, 3.05) is 0 Å². The van der Waals surface area contributed by atoms with E-state index in [-0.39, 0.29) is 0 Å². The first kappa shape index (κ1) is 11.8. The minimum atomic E-state index is -0.851. The molecular formula is C14H21ClO2. The Hall–Kier alpha value is -0.240. The van der Waals surface area contributed by atoms with E-state index >= 15 is 0 Å². The number of halogens is 1. The number of rotatable bonds is 4. The first-order chi connectivity index (χ1) is 8.13. The van der Waals surface area contributed by atoms with Crippen molar-refractivity contribution in [3.05, 3.63) is 0 Å². The molecule has 2 nitrogen and oxygen atoms in total. The van der Waals surface area contributed by atoms with Crippen LogP contribution in [-0.2, 0) is 4.79 Å². The third kappa shape index (κ3) is 2.21. The van der Waals surface area contributed by atoms with Gasteiger partial charge in [-0.25, -0.2) is 0 Å². The molecule has 4 rings (SSSR count). The largest absolute Gasteiger partial charge is 0.480 e. The molecule has 17 heavy (non-hydrogen) atoms. The van der Waals surface area contributed by atoms with Crippen LogP contribution in [0.3, 0.4) is 0 Å². The molecule has 0 heterocycles. The van der Waals surface area contributed by atoms with Gasteiger partial charge in [0.1, 0.15) is 5.38 Å². The van der Waals surface area contributed by atoms with Gasteiger partial charge >= 0.3 is 5.97 Å². The molecular weight excluding hydrogens is 236 g/mol. The van der Waals surface area contributed by atoms with Gasteiger partial charge in [0.15, 0.2) is 0 Å². The second kappa shape index (κ2) is 4.46. The standard InChI is InChI=1S/C14H21ClO2/c15-13(14(16)17)2-1-12-10-4-8-3-9(6-10)7-11(12)5-8/h8-13H,1-7H2,(H,16,17). The average Bonchev–Trinajstić information content (AvgIpc) is 2.26. The van der Waals surface area contributed by atoms with Crippen LogP contribution in [0.1, 0.15) is 44.9 Å². The summed E-state index contributed by atoms with van der Waals surface area (Å²) in [6.07, 6.45) is 8.83. The van der Waals surface area contributed by atoms with Gasteiger partial charge in [0.05, 0.1) is 0 Å². The minimum Gasteiger partial charge on any atom is -0.480 e. The maximum atomic E-state index is 10.7. The summed E-state index contributed by atoms with van der Waals surface area (Å²) in [6, 6.07) is 0. The van der Waals surface area contributed by atoms with Crippen molar-refractivity contribution < 1.29 is 9.90 Å². The van der Waals surface area contributed by atoms with Crippen LogP contribution in [0.5, 0.6) is 0 Å². The number of carboxylic acids is 1. The lowest BCUT2D eigenvalue weighted by molar-refractivity contribution is -0.137. The molecule has 4 fully saturated rings. The Kier molecular flexibility index (Phi) is 3.10. The van der Waals surface area contributed by atoms with E-state index in [2.05, 4.69) is 0 Å². The molecule has 1 unspecified atom stereocenters. The molecule has 0 aliphatic heterocycles. The van der Waals surface area contributed by atoms with Crippen LogP contribution < -0.4 is 0 Å². The van der Waals surface area contributed by atoms with Crippen molar-refractivity contribution in [2.24, 2.45) is 29.6 Å².